The number of nitrogens with one attached hydrogen (secondary N) is 1. The second-order valence-electron chi connectivity index (χ2n) is 6.03. The molecule has 0 bridgehead atoms. The molecule has 1 aromatic rings. The Bertz CT molecular complexity index is 471. The molecule has 0 saturated heterocycles. The molecule has 0 spiro atoms. The van der Waals surface area contributed by atoms with Crippen LogP contribution in [0.2, 0.25) is 0 Å². The number of rotatable bonds is 3. The van der Waals surface area contributed by atoms with Crippen molar-refractivity contribution in [2.24, 2.45) is 0 Å². The molecular weight excluding hydrogens is 322 g/mol. The molecule has 2 rings (SSSR count). The number of aliphatic hydroxyl groups excluding tert-OH is 1. The lowest BCUT2D eigenvalue weighted by molar-refractivity contribution is 0.162. The van der Waals surface area contributed by atoms with Gasteiger partial charge in [0.05, 0.1) is 23.8 Å². The van der Waals surface area contributed by atoms with Crippen molar-refractivity contribution >= 4 is 15.9 Å². The Morgan fingerprint density at radius 1 is 1.30 bits per heavy atom. The molecule has 0 aromatic heterocycles. The predicted octanol–water partition coefficient (Wildman–Crippen LogP) is 3.03. The number of β-amino-alcohol motifs (C(OH)–C–C–N with tert-alkyl or cyclic N) is 1. The summed E-state index contributed by atoms with van der Waals surface area (Å²) in [4.78, 5) is 0. The Morgan fingerprint density at radius 3 is 2.70 bits per heavy atom. The number of fused-ring (bicyclic) bond motifs is 1. The van der Waals surface area contributed by atoms with Crippen LogP contribution in [0.5, 0.6) is 11.5 Å². The van der Waals surface area contributed by atoms with Gasteiger partial charge in [0.2, 0.25) is 0 Å². The third-order valence-electron chi connectivity index (χ3n) is 3.04. The van der Waals surface area contributed by atoms with E-state index in [0.29, 0.717) is 25.5 Å². The predicted molar refractivity (Wildman–Crippen MR) is 82.5 cm³/mol. The fraction of sp³-hybridized carbons (Fsp3) is 0.600. The summed E-state index contributed by atoms with van der Waals surface area (Å²) in [5, 5.41) is 13.6. The van der Waals surface area contributed by atoms with Gasteiger partial charge in [0.25, 0.3) is 0 Å². The molecule has 0 radical (unpaired) electrons. The molecule has 4 nitrogen and oxygen atoms in total. The molecule has 1 aliphatic rings. The summed E-state index contributed by atoms with van der Waals surface area (Å²) in [7, 11) is 0. The fourth-order valence-corrected chi connectivity index (χ4v) is 2.54. The molecule has 1 heterocycles. The third-order valence-corrected chi connectivity index (χ3v) is 3.62. The van der Waals surface area contributed by atoms with Crippen molar-refractivity contribution in [1.29, 1.82) is 0 Å². The van der Waals surface area contributed by atoms with Gasteiger partial charge in [-0.05, 0) is 54.4 Å². The van der Waals surface area contributed by atoms with Gasteiger partial charge in [0.1, 0.15) is 0 Å². The van der Waals surface area contributed by atoms with Gasteiger partial charge < -0.3 is 19.9 Å². The van der Waals surface area contributed by atoms with Crippen LogP contribution in [0, 0.1) is 0 Å². The summed E-state index contributed by atoms with van der Waals surface area (Å²) in [6.07, 6.45) is 0.285. The first-order chi connectivity index (χ1) is 9.37. The highest BCUT2D eigenvalue weighted by Gasteiger charge is 2.19. The van der Waals surface area contributed by atoms with Gasteiger partial charge in [-0.3, -0.25) is 0 Å². The lowest BCUT2D eigenvalue weighted by Crippen LogP contribution is -2.38. The Labute approximate surface area is 128 Å². The van der Waals surface area contributed by atoms with E-state index in [1.807, 2.05) is 12.1 Å². The number of halogens is 1. The second-order valence-corrected chi connectivity index (χ2v) is 6.88. The molecule has 1 unspecified atom stereocenters. The van der Waals surface area contributed by atoms with E-state index < -0.39 is 6.10 Å². The summed E-state index contributed by atoms with van der Waals surface area (Å²) >= 11 is 3.49. The molecule has 0 saturated carbocycles. The van der Waals surface area contributed by atoms with E-state index in [1.165, 1.54) is 0 Å². The highest BCUT2D eigenvalue weighted by atomic mass is 79.9. The number of aliphatic hydroxyl groups is 1. The molecule has 5 heteroatoms. The minimum atomic E-state index is -0.581. The molecule has 1 aromatic carbocycles. The van der Waals surface area contributed by atoms with Crippen LogP contribution in [0.1, 0.15) is 38.9 Å². The van der Waals surface area contributed by atoms with E-state index in [-0.39, 0.29) is 5.54 Å². The Hall–Kier alpha value is -0.780. The van der Waals surface area contributed by atoms with Crippen LogP contribution in [0.25, 0.3) is 0 Å². The van der Waals surface area contributed by atoms with E-state index >= 15 is 0 Å². The van der Waals surface area contributed by atoms with Crippen molar-refractivity contribution in [1.82, 2.24) is 5.32 Å². The smallest absolute Gasteiger partial charge is 0.175 e. The zero-order valence-corrected chi connectivity index (χ0v) is 13.8. The summed E-state index contributed by atoms with van der Waals surface area (Å²) < 4.78 is 12.2. The number of hydrogen-bond acceptors (Lipinski definition) is 4. The van der Waals surface area contributed by atoms with E-state index in [0.717, 1.165) is 22.2 Å². The monoisotopic (exact) mass is 343 g/mol. The lowest BCUT2D eigenvalue weighted by atomic mass is 10.1. The first-order valence-corrected chi connectivity index (χ1v) is 7.68. The van der Waals surface area contributed by atoms with Crippen LogP contribution in [0.3, 0.4) is 0 Å². The third kappa shape index (κ3) is 4.11. The van der Waals surface area contributed by atoms with E-state index in [9.17, 15) is 5.11 Å². The lowest BCUT2D eigenvalue weighted by Gasteiger charge is -2.23. The summed E-state index contributed by atoms with van der Waals surface area (Å²) in [5.41, 5.74) is 0.793. The minimum Gasteiger partial charge on any atom is -0.490 e. The quantitative estimate of drug-likeness (QED) is 0.885. The van der Waals surface area contributed by atoms with Gasteiger partial charge in [-0.1, -0.05) is 0 Å². The van der Waals surface area contributed by atoms with Crippen molar-refractivity contribution in [2.75, 3.05) is 19.8 Å². The average Bonchev–Trinajstić information content (AvgIpc) is 2.60. The summed E-state index contributed by atoms with van der Waals surface area (Å²) in [6.45, 7) is 8.00. The van der Waals surface area contributed by atoms with Gasteiger partial charge >= 0.3 is 0 Å². The largest absolute Gasteiger partial charge is 0.490 e. The maximum Gasteiger partial charge on any atom is 0.175 e. The summed E-state index contributed by atoms with van der Waals surface area (Å²) in [5.74, 6) is 1.42. The molecule has 2 N–H and O–H groups in total. The zero-order chi connectivity index (χ0) is 14.8. The highest BCUT2D eigenvalue weighted by Crippen LogP contribution is 2.39. The molecule has 20 heavy (non-hydrogen) atoms. The van der Waals surface area contributed by atoms with Crippen molar-refractivity contribution in [3.05, 3.63) is 22.2 Å². The molecule has 1 atom stereocenters. The van der Waals surface area contributed by atoms with Crippen LogP contribution in [0.15, 0.2) is 16.6 Å². The van der Waals surface area contributed by atoms with Crippen molar-refractivity contribution < 1.29 is 14.6 Å². The average molecular weight is 344 g/mol. The van der Waals surface area contributed by atoms with Crippen LogP contribution >= 0.6 is 15.9 Å². The first-order valence-electron chi connectivity index (χ1n) is 6.89. The van der Waals surface area contributed by atoms with Crippen LogP contribution in [-0.2, 0) is 0 Å². The number of ether oxygens (including phenoxy) is 2. The number of hydrogen-bond donors (Lipinski definition) is 2. The molecular formula is C15H22BrNO3. The van der Waals surface area contributed by atoms with E-state index in [2.05, 4.69) is 42.0 Å². The summed E-state index contributed by atoms with van der Waals surface area (Å²) in [6, 6.07) is 3.75. The number of benzene rings is 1. The van der Waals surface area contributed by atoms with Gasteiger partial charge in [-0.15, -0.1) is 0 Å². The standard InChI is InChI=1S/C15H22BrNO3/c1-15(2,3)17-9-12(18)10-7-11(16)14-13(8-10)19-5-4-6-20-14/h7-8,12,17-18H,4-6,9H2,1-3H3. The maximum atomic E-state index is 10.3. The molecule has 0 aliphatic carbocycles. The first kappa shape index (κ1) is 15.6. The van der Waals surface area contributed by atoms with Gasteiger partial charge in [0, 0.05) is 18.5 Å². The van der Waals surface area contributed by atoms with Crippen molar-refractivity contribution in [3.63, 3.8) is 0 Å². The maximum absolute atomic E-state index is 10.3. The highest BCUT2D eigenvalue weighted by molar-refractivity contribution is 9.10. The van der Waals surface area contributed by atoms with Gasteiger partial charge in [-0.2, -0.15) is 0 Å². The fourth-order valence-electron chi connectivity index (χ4n) is 1.96. The Balaban J connectivity index is 2.16. The SMILES string of the molecule is CC(C)(C)NCC(O)c1cc(Br)c2c(c1)OCCCO2. The molecule has 112 valence electrons. The second kappa shape index (κ2) is 6.33. The van der Waals surface area contributed by atoms with Crippen molar-refractivity contribution in [3.8, 4) is 11.5 Å². The molecule has 0 fully saturated rings. The molecule has 0 amide bonds. The van der Waals surface area contributed by atoms with Crippen molar-refractivity contribution in [2.45, 2.75) is 38.8 Å². The van der Waals surface area contributed by atoms with Gasteiger partial charge in [-0.25, -0.2) is 0 Å². The van der Waals surface area contributed by atoms with Crippen LogP contribution in [0.4, 0.5) is 0 Å². The van der Waals surface area contributed by atoms with E-state index in [4.69, 9.17) is 9.47 Å². The Morgan fingerprint density at radius 2 is 2.00 bits per heavy atom. The normalized spacial score (nSPS) is 16.6. The minimum absolute atomic E-state index is 0.0243. The topological polar surface area (TPSA) is 50.7 Å². The van der Waals surface area contributed by atoms with Crippen LogP contribution in [-0.4, -0.2) is 30.4 Å². The van der Waals surface area contributed by atoms with E-state index in [1.54, 1.807) is 0 Å². The zero-order valence-electron chi connectivity index (χ0n) is 12.2. The Kier molecular flexibility index (Phi) is 4.94. The van der Waals surface area contributed by atoms with Gasteiger partial charge in [0.15, 0.2) is 11.5 Å². The molecule has 1 aliphatic heterocycles. The van der Waals surface area contributed by atoms with Crippen LogP contribution < -0.4 is 14.8 Å².